The molecule has 1 aliphatic heterocycles. The topological polar surface area (TPSA) is 98.9 Å². The molecule has 180 valence electrons. The van der Waals surface area contributed by atoms with Gasteiger partial charge in [0, 0.05) is 19.6 Å². The highest BCUT2D eigenvalue weighted by molar-refractivity contribution is 7.89. The number of nitrogens with two attached hydrogens (primary N) is 1. The van der Waals surface area contributed by atoms with Crippen molar-refractivity contribution in [1.82, 2.24) is 9.21 Å². The van der Waals surface area contributed by atoms with Crippen LogP contribution in [0.5, 0.6) is 5.75 Å². The number of nitrogens with zero attached hydrogens (tertiary/aromatic N) is 2. The van der Waals surface area contributed by atoms with Gasteiger partial charge in [0.1, 0.15) is 5.75 Å². The fraction of sp³-hybridized carbons (Fsp3) is 0.280. The molecule has 2 N–H and O–H groups in total. The first kappa shape index (κ1) is 24.7. The third-order valence-corrected chi connectivity index (χ3v) is 7.71. The van der Waals surface area contributed by atoms with Gasteiger partial charge in [-0.05, 0) is 59.5 Å². The van der Waals surface area contributed by atoms with Gasteiger partial charge in [-0.1, -0.05) is 55.5 Å². The zero-order valence-corrected chi connectivity index (χ0v) is 20.7. The zero-order valence-electron chi connectivity index (χ0n) is 19.1. The van der Waals surface area contributed by atoms with Crippen LogP contribution in [-0.4, -0.2) is 35.3 Å². The molecule has 7 nitrogen and oxygen atoms in total. The molecule has 1 unspecified atom stereocenters. The molecule has 0 aromatic heterocycles. The first-order valence-electron chi connectivity index (χ1n) is 11.2. The standard InChI is InChI=1S/C25H29N3O4S2/c1-2-27(17-20-6-4-3-5-7-20)18-21-8-12-25(13-9-21)33(29)28-15-14-22-10-11-24(16-23(22)19-28)32-34(26,30)31/h3-13,16H,2,14-15,17-19H2,1H3,(H2,26,30,31). The van der Waals surface area contributed by atoms with E-state index in [1.807, 2.05) is 40.7 Å². The Morgan fingerprint density at radius 3 is 2.32 bits per heavy atom. The third kappa shape index (κ3) is 6.59. The van der Waals surface area contributed by atoms with Gasteiger partial charge in [0.25, 0.3) is 0 Å². The molecular formula is C25H29N3O4S2. The van der Waals surface area contributed by atoms with Crippen LogP contribution >= 0.6 is 0 Å². The van der Waals surface area contributed by atoms with Crippen LogP contribution in [0.25, 0.3) is 0 Å². The van der Waals surface area contributed by atoms with Crippen molar-refractivity contribution in [3.05, 3.63) is 95.1 Å². The molecule has 1 aliphatic rings. The second kappa shape index (κ2) is 10.9. The van der Waals surface area contributed by atoms with Gasteiger partial charge in [0.2, 0.25) is 0 Å². The molecule has 0 saturated carbocycles. The predicted octanol–water partition coefficient (Wildman–Crippen LogP) is 3.37. The van der Waals surface area contributed by atoms with Gasteiger partial charge >= 0.3 is 10.3 Å². The van der Waals surface area contributed by atoms with Crippen LogP contribution in [0.4, 0.5) is 0 Å². The largest absolute Gasteiger partial charge is 0.593 e. The highest BCUT2D eigenvalue weighted by Gasteiger charge is 2.28. The lowest BCUT2D eigenvalue weighted by atomic mass is 10.0. The first-order valence-corrected chi connectivity index (χ1v) is 13.7. The molecule has 0 fully saturated rings. The fourth-order valence-electron chi connectivity index (χ4n) is 4.07. The van der Waals surface area contributed by atoms with E-state index in [2.05, 4.69) is 36.1 Å². The Kier molecular flexibility index (Phi) is 7.92. The predicted molar refractivity (Wildman–Crippen MR) is 133 cm³/mol. The molecular weight excluding hydrogens is 470 g/mol. The molecule has 34 heavy (non-hydrogen) atoms. The van der Waals surface area contributed by atoms with Crippen LogP contribution in [-0.2, 0) is 47.7 Å². The van der Waals surface area contributed by atoms with E-state index >= 15 is 0 Å². The number of hydrogen-bond donors (Lipinski definition) is 1. The first-order chi connectivity index (χ1) is 16.3. The average Bonchev–Trinajstić information content (AvgIpc) is 2.83. The Morgan fingerprint density at radius 2 is 1.68 bits per heavy atom. The minimum atomic E-state index is -4.09. The van der Waals surface area contributed by atoms with Crippen LogP contribution in [0.3, 0.4) is 0 Å². The molecule has 3 aromatic rings. The molecule has 0 bridgehead atoms. The van der Waals surface area contributed by atoms with Crippen LogP contribution in [0.15, 0.2) is 77.7 Å². The minimum Gasteiger partial charge on any atom is -0.593 e. The van der Waals surface area contributed by atoms with Crippen molar-refractivity contribution in [3.63, 3.8) is 0 Å². The van der Waals surface area contributed by atoms with E-state index in [0.717, 1.165) is 42.1 Å². The summed E-state index contributed by atoms with van der Waals surface area (Å²) in [6, 6.07) is 23.4. The summed E-state index contributed by atoms with van der Waals surface area (Å²) in [5.41, 5.74) is 4.43. The monoisotopic (exact) mass is 499 g/mol. The normalized spacial score (nSPS) is 15.2. The van der Waals surface area contributed by atoms with E-state index in [4.69, 9.17) is 9.32 Å². The Hall–Kier alpha value is -2.40. The minimum absolute atomic E-state index is 0.161. The molecule has 1 atom stereocenters. The van der Waals surface area contributed by atoms with Crippen LogP contribution in [0.2, 0.25) is 0 Å². The van der Waals surface area contributed by atoms with E-state index in [-0.39, 0.29) is 5.75 Å². The van der Waals surface area contributed by atoms with E-state index < -0.39 is 21.7 Å². The summed E-state index contributed by atoms with van der Waals surface area (Å²) in [7, 11) is -4.09. The molecule has 1 heterocycles. The Bertz CT molecular complexity index is 1200. The second-order valence-corrected chi connectivity index (χ2v) is 10.9. The lowest BCUT2D eigenvalue weighted by molar-refractivity contribution is 0.271. The Labute approximate surface area is 204 Å². The van der Waals surface area contributed by atoms with E-state index in [1.165, 1.54) is 11.1 Å². The maximum Gasteiger partial charge on any atom is 0.380 e. The summed E-state index contributed by atoms with van der Waals surface area (Å²) in [4.78, 5) is 3.11. The third-order valence-electron chi connectivity index (χ3n) is 5.83. The molecule has 0 saturated heterocycles. The Balaban J connectivity index is 1.40. The van der Waals surface area contributed by atoms with Gasteiger partial charge in [0.05, 0.1) is 17.9 Å². The molecule has 0 aliphatic carbocycles. The summed E-state index contributed by atoms with van der Waals surface area (Å²) in [6.45, 7) is 5.88. The van der Waals surface area contributed by atoms with Gasteiger partial charge in [-0.15, -0.1) is 4.31 Å². The van der Waals surface area contributed by atoms with E-state index in [1.54, 1.807) is 12.1 Å². The van der Waals surface area contributed by atoms with Gasteiger partial charge in [-0.2, -0.15) is 13.6 Å². The van der Waals surface area contributed by atoms with Crippen molar-refractivity contribution >= 4 is 21.7 Å². The van der Waals surface area contributed by atoms with Crippen molar-refractivity contribution < 1.29 is 17.2 Å². The van der Waals surface area contributed by atoms with Crippen molar-refractivity contribution in [2.75, 3.05) is 13.1 Å². The number of rotatable bonds is 9. The highest BCUT2D eigenvalue weighted by atomic mass is 32.2. The smallest absolute Gasteiger partial charge is 0.380 e. The Morgan fingerprint density at radius 1 is 1.00 bits per heavy atom. The highest BCUT2D eigenvalue weighted by Crippen LogP contribution is 2.28. The van der Waals surface area contributed by atoms with Crippen LogP contribution < -0.4 is 9.32 Å². The van der Waals surface area contributed by atoms with Crippen molar-refractivity contribution in [3.8, 4) is 5.75 Å². The summed E-state index contributed by atoms with van der Waals surface area (Å²) in [5.74, 6) is 0.161. The summed E-state index contributed by atoms with van der Waals surface area (Å²) in [5, 5.41) is 4.97. The molecule has 0 amide bonds. The lowest BCUT2D eigenvalue weighted by Crippen LogP contribution is -2.36. The van der Waals surface area contributed by atoms with Crippen LogP contribution in [0, 0.1) is 0 Å². The number of fused-ring (bicyclic) bond motifs is 1. The second-order valence-electron chi connectivity index (χ2n) is 8.30. The van der Waals surface area contributed by atoms with Gasteiger partial charge in [0.15, 0.2) is 4.90 Å². The SMILES string of the molecule is CCN(Cc1ccccc1)Cc1ccc([S+]([O-])N2CCc3ccc(OS(N)(=O)=O)cc3C2)cc1. The molecule has 9 heteroatoms. The summed E-state index contributed by atoms with van der Waals surface area (Å²) >= 11 is -1.32. The summed E-state index contributed by atoms with van der Waals surface area (Å²) in [6.07, 6.45) is 0.722. The maximum atomic E-state index is 13.2. The summed E-state index contributed by atoms with van der Waals surface area (Å²) < 4.78 is 42.4. The average molecular weight is 500 g/mol. The molecule has 0 spiro atoms. The maximum absolute atomic E-state index is 13.2. The number of benzene rings is 3. The molecule has 0 radical (unpaired) electrons. The molecule has 4 rings (SSSR count). The number of hydrogen-bond acceptors (Lipinski definition) is 6. The van der Waals surface area contributed by atoms with Gasteiger partial charge in [-0.25, -0.2) is 0 Å². The zero-order chi connectivity index (χ0) is 24.1. The molecule has 3 aromatic carbocycles. The van der Waals surface area contributed by atoms with Gasteiger partial charge in [-0.3, -0.25) is 4.90 Å². The van der Waals surface area contributed by atoms with Crippen molar-refractivity contribution in [2.45, 2.75) is 37.9 Å². The quantitative estimate of drug-likeness (QED) is 0.453. The lowest BCUT2D eigenvalue weighted by Gasteiger charge is -2.29. The van der Waals surface area contributed by atoms with E-state index in [9.17, 15) is 13.0 Å². The van der Waals surface area contributed by atoms with Crippen molar-refractivity contribution in [2.24, 2.45) is 5.14 Å². The van der Waals surface area contributed by atoms with Crippen molar-refractivity contribution in [1.29, 1.82) is 0 Å². The van der Waals surface area contributed by atoms with E-state index in [0.29, 0.717) is 13.1 Å². The van der Waals surface area contributed by atoms with Gasteiger partial charge < -0.3 is 8.74 Å². The fourth-order valence-corrected chi connectivity index (χ4v) is 5.63. The van der Waals surface area contributed by atoms with Crippen LogP contribution in [0.1, 0.15) is 29.2 Å².